The molecule has 1 aliphatic heterocycles. The molecule has 1 aromatic heterocycles. The lowest BCUT2D eigenvalue weighted by molar-refractivity contribution is -0.157. The number of amides is 1. The molecule has 0 spiro atoms. The normalized spacial score (nSPS) is 21.8. The van der Waals surface area contributed by atoms with Gasteiger partial charge >= 0.3 is 5.97 Å². The monoisotopic (exact) mass is 293 g/mol. The van der Waals surface area contributed by atoms with Crippen LogP contribution in [0.2, 0.25) is 0 Å². The molecule has 21 heavy (non-hydrogen) atoms. The van der Waals surface area contributed by atoms with Crippen LogP contribution >= 0.6 is 0 Å². The Balaban J connectivity index is 2.06. The van der Waals surface area contributed by atoms with Crippen molar-refractivity contribution in [3.05, 3.63) is 17.5 Å². The van der Waals surface area contributed by atoms with Crippen molar-refractivity contribution in [1.29, 1.82) is 0 Å². The maximum atomic E-state index is 12.4. The van der Waals surface area contributed by atoms with Crippen LogP contribution in [0, 0.1) is 13.8 Å². The maximum absolute atomic E-state index is 12.4. The first-order valence-electron chi connectivity index (χ1n) is 7.45. The van der Waals surface area contributed by atoms with Crippen molar-refractivity contribution in [1.82, 2.24) is 14.7 Å². The maximum Gasteiger partial charge on any atom is 0.329 e. The number of aliphatic carboxylic acids is 1. The van der Waals surface area contributed by atoms with Crippen LogP contribution in [-0.4, -0.2) is 43.7 Å². The van der Waals surface area contributed by atoms with Gasteiger partial charge in [-0.1, -0.05) is 6.92 Å². The Hall–Kier alpha value is -1.85. The zero-order valence-corrected chi connectivity index (χ0v) is 12.9. The minimum absolute atomic E-state index is 0.0932. The fraction of sp³-hybridized carbons (Fsp3) is 0.667. The van der Waals surface area contributed by atoms with E-state index in [2.05, 4.69) is 5.10 Å². The summed E-state index contributed by atoms with van der Waals surface area (Å²) < 4.78 is 1.80. The number of rotatable bonds is 5. The molecule has 0 aromatic carbocycles. The average molecular weight is 293 g/mol. The summed E-state index contributed by atoms with van der Waals surface area (Å²) in [5.74, 6) is -0.980. The van der Waals surface area contributed by atoms with Crippen LogP contribution in [0.3, 0.4) is 0 Å². The van der Waals surface area contributed by atoms with E-state index in [9.17, 15) is 14.7 Å². The highest BCUT2D eigenvalue weighted by atomic mass is 16.4. The van der Waals surface area contributed by atoms with Crippen LogP contribution in [0.1, 0.15) is 44.0 Å². The Morgan fingerprint density at radius 1 is 1.43 bits per heavy atom. The van der Waals surface area contributed by atoms with E-state index >= 15 is 0 Å². The van der Waals surface area contributed by atoms with Gasteiger partial charge in [-0.15, -0.1) is 0 Å². The van der Waals surface area contributed by atoms with Crippen molar-refractivity contribution in [2.75, 3.05) is 6.54 Å². The molecule has 0 radical (unpaired) electrons. The molecule has 6 heteroatoms. The van der Waals surface area contributed by atoms with E-state index < -0.39 is 11.5 Å². The molecule has 116 valence electrons. The number of hydrogen-bond donors (Lipinski definition) is 1. The summed E-state index contributed by atoms with van der Waals surface area (Å²) in [5, 5.41) is 13.8. The van der Waals surface area contributed by atoms with Gasteiger partial charge in [-0.2, -0.15) is 5.10 Å². The van der Waals surface area contributed by atoms with E-state index in [-0.39, 0.29) is 12.3 Å². The Kier molecular flexibility index (Phi) is 4.34. The second-order valence-electron chi connectivity index (χ2n) is 5.74. The van der Waals surface area contributed by atoms with E-state index in [1.165, 1.54) is 0 Å². The van der Waals surface area contributed by atoms with Crippen molar-refractivity contribution in [2.45, 2.75) is 58.5 Å². The minimum atomic E-state index is -1.01. The van der Waals surface area contributed by atoms with Crippen molar-refractivity contribution in [2.24, 2.45) is 0 Å². The molecule has 2 heterocycles. The lowest BCUT2D eigenvalue weighted by Crippen LogP contribution is -2.52. The fourth-order valence-electron chi connectivity index (χ4n) is 3.22. The van der Waals surface area contributed by atoms with Crippen molar-refractivity contribution >= 4 is 11.9 Å². The van der Waals surface area contributed by atoms with Gasteiger partial charge in [0.25, 0.3) is 0 Å². The van der Waals surface area contributed by atoms with E-state index in [1.54, 1.807) is 9.58 Å². The van der Waals surface area contributed by atoms with Crippen LogP contribution in [-0.2, 0) is 16.1 Å². The predicted octanol–water partition coefficient (Wildman–Crippen LogP) is 1.75. The van der Waals surface area contributed by atoms with Gasteiger partial charge in [0, 0.05) is 25.2 Å². The van der Waals surface area contributed by atoms with Crippen molar-refractivity contribution < 1.29 is 14.7 Å². The Bertz CT molecular complexity index is 552. The molecular weight excluding hydrogens is 270 g/mol. The highest BCUT2D eigenvalue weighted by Gasteiger charge is 2.48. The molecule has 1 aliphatic rings. The topological polar surface area (TPSA) is 75.4 Å². The summed E-state index contributed by atoms with van der Waals surface area (Å²) in [4.78, 5) is 25.6. The molecule has 0 saturated carbocycles. The molecule has 0 bridgehead atoms. The molecule has 1 saturated heterocycles. The van der Waals surface area contributed by atoms with Crippen LogP contribution in [0.5, 0.6) is 0 Å². The number of carbonyl (C=O) groups excluding carboxylic acids is 1. The molecule has 1 N–H and O–H groups in total. The Labute approximate surface area is 124 Å². The van der Waals surface area contributed by atoms with Gasteiger partial charge in [0.2, 0.25) is 5.91 Å². The number of carboxylic acids is 1. The number of aryl methyl sites for hydroxylation is 3. The smallest absolute Gasteiger partial charge is 0.329 e. The average Bonchev–Trinajstić information content (AvgIpc) is 3.00. The van der Waals surface area contributed by atoms with E-state index in [0.717, 1.165) is 17.8 Å². The number of carboxylic acid groups (broad SMARTS) is 1. The van der Waals surface area contributed by atoms with Crippen molar-refractivity contribution in [3.63, 3.8) is 0 Å². The number of likely N-dealkylation sites (tertiary alicyclic amines) is 1. The summed E-state index contributed by atoms with van der Waals surface area (Å²) in [7, 11) is 0. The van der Waals surface area contributed by atoms with Crippen LogP contribution in [0.15, 0.2) is 6.07 Å². The summed E-state index contributed by atoms with van der Waals surface area (Å²) >= 11 is 0. The molecule has 6 nitrogen and oxygen atoms in total. The lowest BCUT2D eigenvalue weighted by Gasteiger charge is -2.34. The molecule has 1 unspecified atom stereocenters. The number of aromatic nitrogens is 2. The number of nitrogens with zero attached hydrogens (tertiary/aromatic N) is 3. The quantitative estimate of drug-likeness (QED) is 0.897. The van der Waals surface area contributed by atoms with Crippen LogP contribution < -0.4 is 0 Å². The third-order valence-electron chi connectivity index (χ3n) is 4.41. The molecular formula is C15H23N3O3. The van der Waals surface area contributed by atoms with Gasteiger partial charge in [-0.05, 0) is 39.2 Å². The van der Waals surface area contributed by atoms with E-state index in [1.807, 2.05) is 26.8 Å². The van der Waals surface area contributed by atoms with Gasteiger partial charge in [0.05, 0.1) is 5.69 Å². The largest absolute Gasteiger partial charge is 0.479 e. The summed E-state index contributed by atoms with van der Waals surface area (Å²) in [6.07, 6.45) is 2.04. The zero-order chi connectivity index (χ0) is 15.6. The van der Waals surface area contributed by atoms with Crippen LogP contribution in [0.4, 0.5) is 0 Å². The number of carbonyl (C=O) groups is 2. The first-order valence-corrected chi connectivity index (χ1v) is 7.45. The van der Waals surface area contributed by atoms with E-state index in [0.29, 0.717) is 25.9 Å². The molecule has 1 aromatic rings. The predicted molar refractivity (Wildman–Crippen MR) is 77.9 cm³/mol. The third kappa shape index (κ3) is 2.80. The third-order valence-corrected chi connectivity index (χ3v) is 4.41. The summed E-state index contributed by atoms with van der Waals surface area (Å²) in [6.45, 7) is 6.73. The molecule has 1 atom stereocenters. The van der Waals surface area contributed by atoms with Gasteiger partial charge in [-0.25, -0.2) is 4.79 Å². The van der Waals surface area contributed by atoms with Crippen molar-refractivity contribution in [3.8, 4) is 0 Å². The molecule has 0 aliphatic carbocycles. The zero-order valence-electron chi connectivity index (χ0n) is 12.9. The minimum Gasteiger partial charge on any atom is -0.479 e. The SMILES string of the molecule is CCC1(C(=O)O)CCCN1C(=O)CCn1nc(C)cc1C. The Morgan fingerprint density at radius 3 is 2.67 bits per heavy atom. The van der Waals surface area contributed by atoms with Gasteiger partial charge in [0.15, 0.2) is 0 Å². The van der Waals surface area contributed by atoms with Gasteiger partial charge in [0.1, 0.15) is 5.54 Å². The second kappa shape index (κ2) is 5.87. The standard InChI is InChI=1S/C15H23N3O3/c1-4-15(14(20)21)7-5-8-17(15)13(19)6-9-18-12(3)10-11(2)16-18/h10H,4-9H2,1-3H3,(H,20,21). The highest BCUT2D eigenvalue weighted by Crippen LogP contribution is 2.33. The lowest BCUT2D eigenvalue weighted by atomic mass is 9.93. The van der Waals surface area contributed by atoms with Crippen LogP contribution in [0.25, 0.3) is 0 Å². The first-order chi connectivity index (χ1) is 9.90. The van der Waals surface area contributed by atoms with Gasteiger partial charge in [-0.3, -0.25) is 9.48 Å². The van der Waals surface area contributed by atoms with Gasteiger partial charge < -0.3 is 10.0 Å². The molecule has 2 rings (SSSR count). The van der Waals surface area contributed by atoms with E-state index in [4.69, 9.17) is 0 Å². The number of hydrogen-bond acceptors (Lipinski definition) is 3. The molecule has 1 fully saturated rings. The first kappa shape index (κ1) is 15.5. The fourth-order valence-corrected chi connectivity index (χ4v) is 3.22. The molecule has 1 amide bonds. The second-order valence-corrected chi connectivity index (χ2v) is 5.74. The summed E-state index contributed by atoms with van der Waals surface area (Å²) in [6, 6.07) is 1.97. The highest BCUT2D eigenvalue weighted by molar-refractivity contribution is 5.87. The summed E-state index contributed by atoms with van der Waals surface area (Å²) in [5.41, 5.74) is 0.933. The Morgan fingerprint density at radius 2 is 2.14 bits per heavy atom.